The van der Waals surface area contributed by atoms with Crippen molar-refractivity contribution in [3.05, 3.63) is 0 Å². The molecule has 0 saturated carbocycles. The minimum absolute atomic E-state index is 0.00654. The van der Waals surface area contributed by atoms with Crippen molar-refractivity contribution in [2.24, 2.45) is 5.92 Å². The van der Waals surface area contributed by atoms with Crippen LogP contribution < -0.4 is 5.32 Å². The van der Waals surface area contributed by atoms with Gasteiger partial charge in [-0.2, -0.15) is 0 Å². The maximum atomic E-state index is 12.6. The quantitative estimate of drug-likeness (QED) is 0.828. The predicted molar refractivity (Wildman–Crippen MR) is 71.5 cm³/mol. The van der Waals surface area contributed by atoms with Crippen LogP contribution in [0.3, 0.4) is 0 Å². The minimum Gasteiger partial charge on any atom is -0.381 e. The summed E-state index contributed by atoms with van der Waals surface area (Å²) in [5.74, 6) is 0.199. The van der Waals surface area contributed by atoms with Crippen LogP contribution in [0.15, 0.2) is 0 Å². The number of carbonyl (C=O) groups is 2. The van der Waals surface area contributed by atoms with E-state index in [4.69, 9.17) is 4.74 Å². The summed E-state index contributed by atoms with van der Waals surface area (Å²) in [6.07, 6.45) is 2.31. The Bertz CT molecular complexity index is 351. The van der Waals surface area contributed by atoms with Gasteiger partial charge in [-0.25, -0.2) is 0 Å². The first kappa shape index (κ1) is 14.3. The van der Waals surface area contributed by atoms with Crippen molar-refractivity contribution >= 4 is 11.8 Å². The molecule has 0 bridgehead atoms. The van der Waals surface area contributed by atoms with Gasteiger partial charge in [-0.1, -0.05) is 20.8 Å². The summed E-state index contributed by atoms with van der Waals surface area (Å²) in [7, 11) is 0. The zero-order chi connectivity index (χ0) is 14.0. The van der Waals surface area contributed by atoms with Gasteiger partial charge in [-0.3, -0.25) is 9.59 Å². The third-order valence-electron chi connectivity index (χ3n) is 4.06. The smallest absolute Gasteiger partial charge is 0.246 e. The summed E-state index contributed by atoms with van der Waals surface area (Å²) in [6.45, 7) is 7.28. The van der Waals surface area contributed by atoms with Gasteiger partial charge in [0.1, 0.15) is 12.1 Å². The van der Waals surface area contributed by atoms with Crippen LogP contribution in [0.4, 0.5) is 0 Å². The van der Waals surface area contributed by atoms with Crippen LogP contribution in [-0.2, 0) is 14.3 Å². The standard InChI is InChI=1S/C14H24N2O3/c1-4-11-14(18)16(10-5-7-19-8-6-10)12(9(2)3)13(17)15-11/h9-12H,4-8H2,1-3H3,(H,15,17). The topological polar surface area (TPSA) is 58.6 Å². The van der Waals surface area contributed by atoms with E-state index >= 15 is 0 Å². The molecule has 19 heavy (non-hydrogen) atoms. The molecule has 0 radical (unpaired) electrons. The molecule has 2 unspecified atom stereocenters. The fourth-order valence-corrected chi connectivity index (χ4v) is 3.03. The van der Waals surface area contributed by atoms with Crippen LogP contribution in [0.2, 0.25) is 0 Å². The third kappa shape index (κ3) is 2.76. The highest BCUT2D eigenvalue weighted by atomic mass is 16.5. The van der Waals surface area contributed by atoms with Crippen molar-refractivity contribution in [3.63, 3.8) is 0 Å². The number of hydrogen-bond donors (Lipinski definition) is 1. The normalized spacial score (nSPS) is 29.8. The van der Waals surface area contributed by atoms with Crippen molar-refractivity contribution in [1.82, 2.24) is 10.2 Å². The molecule has 0 spiro atoms. The van der Waals surface area contributed by atoms with Crippen LogP contribution in [0, 0.1) is 5.92 Å². The highest BCUT2D eigenvalue weighted by molar-refractivity contribution is 5.97. The molecule has 1 N–H and O–H groups in total. The lowest BCUT2D eigenvalue weighted by Gasteiger charge is -2.45. The Morgan fingerprint density at radius 1 is 1.32 bits per heavy atom. The second-order valence-electron chi connectivity index (χ2n) is 5.75. The SMILES string of the molecule is CCC1NC(=O)C(C(C)C)N(C2CCOCC2)C1=O. The van der Waals surface area contributed by atoms with Gasteiger partial charge < -0.3 is 15.0 Å². The van der Waals surface area contributed by atoms with E-state index in [0.29, 0.717) is 19.6 Å². The van der Waals surface area contributed by atoms with Crippen LogP contribution in [0.5, 0.6) is 0 Å². The Kier molecular flexibility index (Phi) is 4.45. The predicted octanol–water partition coefficient (Wildman–Crippen LogP) is 0.927. The molecule has 2 rings (SSSR count). The summed E-state index contributed by atoms with van der Waals surface area (Å²) in [6, 6.07) is -0.544. The van der Waals surface area contributed by atoms with Crippen molar-refractivity contribution in [2.75, 3.05) is 13.2 Å². The van der Waals surface area contributed by atoms with E-state index in [1.54, 1.807) is 0 Å². The van der Waals surface area contributed by atoms with Crippen LogP contribution in [-0.4, -0.2) is 48.1 Å². The summed E-state index contributed by atoms with van der Waals surface area (Å²) in [4.78, 5) is 26.7. The molecule has 5 heteroatoms. The summed E-state index contributed by atoms with van der Waals surface area (Å²) < 4.78 is 5.36. The maximum absolute atomic E-state index is 12.6. The van der Waals surface area contributed by atoms with Gasteiger partial charge >= 0.3 is 0 Å². The molecular formula is C14H24N2O3. The zero-order valence-electron chi connectivity index (χ0n) is 12.0. The number of ether oxygens (including phenoxy) is 1. The van der Waals surface area contributed by atoms with Gasteiger partial charge in [0.05, 0.1) is 0 Å². The molecular weight excluding hydrogens is 244 g/mol. The molecule has 5 nitrogen and oxygen atoms in total. The summed E-state index contributed by atoms with van der Waals surface area (Å²) in [5, 5.41) is 2.85. The van der Waals surface area contributed by atoms with E-state index < -0.39 is 0 Å². The number of hydrogen-bond acceptors (Lipinski definition) is 3. The minimum atomic E-state index is -0.356. The number of nitrogens with zero attached hydrogens (tertiary/aromatic N) is 1. The van der Waals surface area contributed by atoms with E-state index in [9.17, 15) is 9.59 Å². The lowest BCUT2D eigenvalue weighted by Crippen LogP contribution is -2.67. The largest absolute Gasteiger partial charge is 0.381 e. The van der Waals surface area contributed by atoms with Crippen molar-refractivity contribution in [1.29, 1.82) is 0 Å². The molecule has 2 atom stereocenters. The first-order valence-electron chi connectivity index (χ1n) is 7.26. The molecule has 2 saturated heterocycles. The Morgan fingerprint density at radius 2 is 1.95 bits per heavy atom. The second-order valence-corrected chi connectivity index (χ2v) is 5.75. The van der Waals surface area contributed by atoms with Crippen LogP contribution >= 0.6 is 0 Å². The van der Waals surface area contributed by atoms with Crippen molar-refractivity contribution in [2.45, 2.75) is 58.2 Å². The molecule has 0 aliphatic carbocycles. The molecule has 2 aliphatic heterocycles. The molecule has 108 valence electrons. The number of piperazine rings is 1. The lowest BCUT2D eigenvalue weighted by molar-refractivity contribution is -0.156. The van der Waals surface area contributed by atoms with Crippen molar-refractivity contribution < 1.29 is 14.3 Å². The van der Waals surface area contributed by atoms with Crippen LogP contribution in [0.1, 0.15) is 40.0 Å². The molecule has 2 amide bonds. The average Bonchev–Trinajstić information content (AvgIpc) is 2.41. The molecule has 2 heterocycles. The Balaban J connectivity index is 2.25. The zero-order valence-corrected chi connectivity index (χ0v) is 12.0. The van der Waals surface area contributed by atoms with Gasteiger partial charge in [0.2, 0.25) is 11.8 Å². The number of amides is 2. The number of rotatable bonds is 3. The number of carbonyl (C=O) groups excluding carboxylic acids is 2. The van der Waals surface area contributed by atoms with Crippen LogP contribution in [0.25, 0.3) is 0 Å². The Hall–Kier alpha value is -1.10. The van der Waals surface area contributed by atoms with Gasteiger partial charge in [-0.05, 0) is 25.2 Å². The fraction of sp³-hybridized carbons (Fsp3) is 0.857. The molecule has 0 aromatic rings. The van der Waals surface area contributed by atoms with E-state index in [2.05, 4.69) is 5.32 Å². The molecule has 0 aromatic carbocycles. The maximum Gasteiger partial charge on any atom is 0.246 e. The van der Waals surface area contributed by atoms with E-state index in [1.165, 1.54) is 0 Å². The van der Waals surface area contributed by atoms with Crippen molar-refractivity contribution in [3.8, 4) is 0 Å². The second kappa shape index (κ2) is 5.90. The third-order valence-corrected chi connectivity index (χ3v) is 4.06. The lowest BCUT2D eigenvalue weighted by atomic mass is 9.92. The van der Waals surface area contributed by atoms with Gasteiger partial charge in [-0.15, -0.1) is 0 Å². The Labute approximate surface area is 114 Å². The monoisotopic (exact) mass is 268 g/mol. The first-order chi connectivity index (χ1) is 9.06. The van der Waals surface area contributed by atoms with E-state index in [-0.39, 0.29) is 35.9 Å². The first-order valence-corrected chi connectivity index (χ1v) is 7.26. The summed E-state index contributed by atoms with van der Waals surface area (Å²) in [5.41, 5.74) is 0. The Morgan fingerprint density at radius 3 is 2.47 bits per heavy atom. The molecule has 2 fully saturated rings. The molecule has 0 aromatic heterocycles. The fourth-order valence-electron chi connectivity index (χ4n) is 3.03. The van der Waals surface area contributed by atoms with Gasteiger partial charge in [0.15, 0.2) is 0 Å². The van der Waals surface area contributed by atoms with E-state index in [1.807, 2.05) is 25.7 Å². The van der Waals surface area contributed by atoms with E-state index in [0.717, 1.165) is 12.8 Å². The van der Waals surface area contributed by atoms with Gasteiger partial charge in [0.25, 0.3) is 0 Å². The number of nitrogens with one attached hydrogen (secondary N) is 1. The highest BCUT2D eigenvalue weighted by Gasteiger charge is 2.44. The average molecular weight is 268 g/mol. The van der Waals surface area contributed by atoms with Gasteiger partial charge in [0, 0.05) is 19.3 Å². The highest BCUT2D eigenvalue weighted by Crippen LogP contribution is 2.25. The summed E-state index contributed by atoms with van der Waals surface area (Å²) >= 11 is 0. The molecule has 2 aliphatic rings.